The van der Waals surface area contributed by atoms with Crippen LogP contribution in [0.4, 0.5) is 10.1 Å². The largest absolute Gasteiger partial charge is 0.351 e. The minimum Gasteiger partial charge on any atom is -0.351 e. The maximum atomic E-state index is 13.9. The average Bonchev–Trinajstić information content (AvgIpc) is 2.56. The van der Waals surface area contributed by atoms with Crippen molar-refractivity contribution < 1.29 is 9.18 Å². The van der Waals surface area contributed by atoms with Crippen molar-refractivity contribution in [3.8, 4) is 0 Å². The Kier molecular flexibility index (Phi) is 5.15. The van der Waals surface area contributed by atoms with Gasteiger partial charge in [0.15, 0.2) is 5.11 Å². The maximum absolute atomic E-state index is 13.9. The topological polar surface area (TPSA) is 53.2 Å². The molecule has 25 heavy (non-hydrogen) atoms. The molecule has 2 aromatic rings. The molecule has 0 aliphatic carbocycles. The van der Waals surface area contributed by atoms with Gasteiger partial charge in [-0.05, 0) is 42.9 Å². The second-order valence-corrected chi connectivity index (χ2v) is 6.79. The van der Waals surface area contributed by atoms with Crippen LogP contribution < -0.4 is 16.0 Å². The highest BCUT2D eigenvalue weighted by molar-refractivity contribution is 9.10. The summed E-state index contributed by atoms with van der Waals surface area (Å²) in [5.41, 5.74) is 2.07. The zero-order chi connectivity index (χ0) is 18.0. The van der Waals surface area contributed by atoms with Crippen LogP contribution in [0.2, 0.25) is 0 Å². The van der Waals surface area contributed by atoms with Crippen molar-refractivity contribution in [1.82, 2.24) is 10.6 Å². The minimum absolute atomic E-state index is 0.131. The van der Waals surface area contributed by atoms with Crippen molar-refractivity contribution in [3.63, 3.8) is 0 Å². The van der Waals surface area contributed by atoms with E-state index >= 15 is 0 Å². The Bertz CT molecular complexity index is 884. The molecule has 0 bridgehead atoms. The number of hydrogen-bond acceptors (Lipinski definition) is 2. The first kappa shape index (κ1) is 17.6. The number of anilines is 1. The SMILES string of the molecule is CC1=C(C(=O)Nc2ccccc2F)[C@@H](c2ccccc2Br)NC(=S)N1. The van der Waals surface area contributed by atoms with Crippen LogP contribution in [0.5, 0.6) is 0 Å². The molecule has 1 aliphatic rings. The quantitative estimate of drug-likeness (QED) is 0.657. The smallest absolute Gasteiger partial charge is 0.255 e. The molecule has 0 saturated carbocycles. The first-order valence-electron chi connectivity index (χ1n) is 7.56. The summed E-state index contributed by atoms with van der Waals surface area (Å²) in [6, 6.07) is 13.2. The summed E-state index contributed by atoms with van der Waals surface area (Å²) in [6.45, 7) is 1.77. The van der Waals surface area contributed by atoms with E-state index in [4.69, 9.17) is 12.2 Å². The summed E-state index contributed by atoms with van der Waals surface area (Å²) in [5.74, 6) is -0.885. The van der Waals surface area contributed by atoms with Crippen molar-refractivity contribution in [1.29, 1.82) is 0 Å². The fourth-order valence-corrected chi connectivity index (χ4v) is 3.47. The molecule has 1 amide bonds. The van der Waals surface area contributed by atoms with Crippen LogP contribution in [0.25, 0.3) is 0 Å². The van der Waals surface area contributed by atoms with E-state index in [0.717, 1.165) is 10.0 Å². The molecule has 0 unspecified atom stereocenters. The predicted octanol–water partition coefficient (Wildman–Crippen LogP) is 4.02. The van der Waals surface area contributed by atoms with Gasteiger partial charge < -0.3 is 16.0 Å². The lowest BCUT2D eigenvalue weighted by Crippen LogP contribution is -2.45. The molecular formula is C18H15BrFN3OS. The van der Waals surface area contributed by atoms with Crippen molar-refractivity contribution >= 4 is 44.9 Å². The van der Waals surface area contributed by atoms with Gasteiger partial charge in [0.2, 0.25) is 0 Å². The molecule has 3 N–H and O–H groups in total. The number of amides is 1. The molecule has 0 fully saturated rings. The van der Waals surface area contributed by atoms with Crippen LogP contribution in [0.15, 0.2) is 64.3 Å². The van der Waals surface area contributed by atoms with Gasteiger partial charge in [-0.2, -0.15) is 0 Å². The fraction of sp³-hybridized carbons (Fsp3) is 0.111. The van der Waals surface area contributed by atoms with Crippen molar-refractivity contribution in [2.75, 3.05) is 5.32 Å². The van der Waals surface area contributed by atoms with E-state index < -0.39 is 17.8 Å². The second-order valence-electron chi connectivity index (χ2n) is 5.53. The Morgan fingerprint density at radius 2 is 1.88 bits per heavy atom. The Morgan fingerprint density at radius 1 is 1.20 bits per heavy atom. The Hall–Kier alpha value is -2.25. The van der Waals surface area contributed by atoms with Crippen LogP contribution in [-0.2, 0) is 4.79 Å². The third-order valence-corrected chi connectivity index (χ3v) is 4.79. The number of hydrogen-bond donors (Lipinski definition) is 3. The van der Waals surface area contributed by atoms with Crippen LogP contribution in [0, 0.1) is 5.82 Å². The lowest BCUT2D eigenvalue weighted by Gasteiger charge is -2.31. The molecule has 2 aromatic carbocycles. The molecule has 128 valence electrons. The zero-order valence-corrected chi connectivity index (χ0v) is 15.7. The first-order chi connectivity index (χ1) is 12.0. The average molecular weight is 420 g/mol. The molecule has 4 nitrogen and oxygen atoms in total. The van der Waals surface area contributed by atoms with Crippen molar-refractivity contribution in [2.24, 2.45) is 0 Å². The van der Waals surface area contributed by atoms with E-state index in [9.17, 15) is 9.18 Å². The summed E-state index contributed by atoms with van der Waals surface area (Å²) in [7, 11) is 0. The van der Waals surface area contributed by atoms with Gasteiger partial charge in [0.05, 0.1) is 17.3 Å². The zero-order valence-electron chi connectivity index (χ0n) is 13.3. The fourth-order valence-electron chi connectivity index (χ4n) is 2.69. The summed E-state index contributed by atoms with van der Waals surface area (Å²) in [4.78, 5) is 12.9. The summed E-state index contributed by atoms with van der Waals surface area (Å²) < 4.78 is 14.7. The van der Waals surface area contributed by atoms with E-state index in [-0.39, 0.29) is 5.69 Å². The van der Waals surface area contributed by atoms with Crippen LogP contribution in [-0.4, -0.2) is 11.0 Å². The normalized spacial score (nSPS) is 16.9. The highest BCUT2D eigenvalue weighted by Gasteiger charge is 2.31. The molecule has 0 saturated heterocycles. The van der Waals surface area contributed by atoms with Gasteiger partial charge in [-0.25, -0.2) is 4.39 Å². The number of allylic oxidation sites excluding steroid dienone is 1. The van der Waals surface area contributed by atoms with Gasteiger partial charge in [0.25, 0.3) is 5.91 Å². The molecule has 1 aliphatic heterocycles. The minimum atomic E-state index is -0.487. The summed E-state index contributed by atoms with van der Waals surface area (Å²) in [6.07, 6.45) is 0. The molecule has 1 atom stereocenters. The second kappa shape index (κ2) is 7.33. The molecule has 0 aromatic heterocycles. The Balaban J connectivity index is 1.99. The van der Waals surface area contributed by atoms with Crippen molar-refractivity contribution in [2.45, 2.75) is 13.0 Å². The molecule has 1 heterocycles. The van der Waals surface area contributed by atoms with Crippen LogP contribution in [0.3, 0.4) is 0 Å². The van der Waals surface area contributed by atoms with Crippen molar-refractivity contribution in [3.05, 3.63) is 75.7 Å². The maximum Gasteiger partial charge on any atom is 0.255 e. The third kappa shape index (κ3) is 3.72. The monoisotopic (exact) mass is 419 g/mol. The van der Waals surface area contributed by atoms with Gasteiger partial charge in [0, 0.05) is 10.2 Å². The number of carbonyl (C=O) groups excluding carboxylic acids is 1. The lowest BCUT2D eigenvalue weighted by molar-refractivity contribution is -0.113. The first-order valence-corrected chi connectivity index (χ1v) is 8.76. The van der Waals surface area contributed by atoms with Gasteiger partial charge in [-0.15, -0.1) is 0 Å². The number of para-hydroxylation sites is 1. The number of rotatable bonds is 3. The number of thiocarbonyl (C=S) groups is 1. The third-order valence-electron chi connectivity index (χ3n) is 3.85. The van der Waals surface area contributed by atoms with Gasteiger partial charge in [-0.3, -0.25) is 4.79 Å². The van der Waals surface area contributed by atoms with Crippen LogP contribution >= 0.6 is 28.1 Å². The standard InChI is InChI=1S/C18H15BrFN3OS/c1-10-15(17(24)22-14-9-5-4-8-13(14)20)16(23-18(25)21-10)11-6-2-3-7-12(11)19/h2-9,16H,1H3,(H,22,24)(H2,21,23,25)/t16-/m1/s1. The highest BCUT2D eigenvalue weighted by atomic mass is 79.9. The number of nitrogens with one attached hydrogen (secondary N) is 3. The van der Waals surface area contributed by atoms with E-state index in [1.807, 2.05) is 24.3 Å². The van der Waals surface area contributed by atoms with E-state index in [2.05, 4.69) is 31.9 Å². The number of carbonyl (C=O) groups is 1. The molecule has 3 rings (SSSR count). The number of halogens is 2. The highest BCUT2D eigenvalue weighted by Crippen LogP contribution is 2.32. The summed E-state index contributed by atoms with van der Waals surface area (Å²) in [5, 5.41) is 9.14. The van der Waals surface area contributed by atoms with Gasteiger partial charge >= 0.3 is 0 Å². The van der Waals surface area contributed by atoms with Gasteiger partial charge in [-0.1, -0.05) is 46.3 Å². The molecule has 0 spiro atoms. The lowest BCUT2D eigenvalue weighted by atomic mass is 9.95. The van der Waals surface area contributed by atoms with E-state index in [0.29, 0.717) is 16.4 Å². The predicted molar refractivity (Wildman–Crippen MR) is 103 cm³/mol. The number of benzene rings is 2. The summed E-state index contributed by atoms with van der Waals surface area (Å²) >= 11 is 8.74. The van der Waals surface area contributed by atoms with Gasteiger partial charge in [0.1, 0.15) is 5.82 Å². The molecule has 7 heteroatoms. The molecule has 0 radical (unpaired) electrons. The Morgan fingerprint density at radius 3 is 2.60 bits per heavy atom. The van der Waals surface area contributed by atoms with E-state index in [1.54, 1.807) is 19.1 Å². The van der Waals surface area contributed by atoms with E-state index in [1.165, 1.54) is 12.1 Å². The molecular weight excluding hydrogens is 405 g/mol. The Labute approximate surface area is 158 Å². The van der Waals surface area contributed by atoms with Crippen LogP contribution in [0.1, 0.15) is 18.5 Å².